The standard InChI is InChI=1S/C29H24N4O2.C27H26N4O2.C26H24N4O2.C25H22N4O2/c30-24-14-12-21(13-15-24)25-18-31-29(27(32-25)28(35)22-7-2-1-3-8-22)33-26(34)17-19-10-11-20-6-4-5-9-23(20)16-19;28-22-16-14-20(15-17-22)23-18-29-27(25(30-23)26(33)21-11-5-2-6-12-21)31-24(32)13-7-10-19-8-3-1-4-9-19;27-21-14-12-19(13-15-21)22-17-28-26(24(29-22)25(32)20-9-5-2-6-10-20)30-23(31)16-11-18-7-3-1-4-8-18;26-20-13-11-18(12-14-20)21-16-27-25(29-22(30)15-17-7-3-1-4-8-17)23(28-21)24(31)19-9-5-2-6-10-19/h1-16,18,28,35H,17,30H2,(H,31,33,34);1-6,8-9,11-12,14-18,26,33H,7,10,13,28H2,(H,29,31,32);1-10,12-15,17,25,32H,11,16,27H2,(H,28,30,31);1-14,16,24,31H,15,26H2,(H,27,29,30). The fourth-order valence-corrected chi connectivity index (χ4v) is 14.2. The molecule has 0 fully saturated rings. The molecule has 17 rings (SSSR count). The summed E-state index contributed by atoms with van der Waals surface area (Å²) in [6.07, 6.45) is 5.30. The molecule has 0 aliphatic carbocycles. The first-order chi connectivity index (χ1) is 63.9. The highest BCUT2D eigenvalue weighted by atomic mass is 16.3. The van der Waals surface area contributed by atoms with E-state index in [-0.39, 0.29) is 71.1 Å². The Labute approximate surface area is 758 Å². The second-order valence-electron chi connectivity index (χ2n) is 30.7. The summed E-state index contributed by atoms with van der Waals surface area (Å²) in [6, 6.07) is 109. The van der Waals surface area contributed by atoms with Crippen LogP contribution in [0.5, 0.6) is 0 Å². The zero-order chi connectivity index (χ0) is 91.2. The number of amides is 4. The van der Waals surface area contributed by atoms with Crippen LogP contribution in [-0.4, -0.2) is 83.9 Å². The summed E-state index contributed by atoms with van der Waals surface area (Å²) in [5.74, 6) is 0.141. The summed E-state index contributed by atoms with van der Waals surface area (Å²) >= 11 is 0. The Morgan fingerprint density at radius 2 is 0.519 bits per heavy atom. The van der Waals surface area contributed by atoms with Crippen molar-refractivity contribution in [2.24, 2.45) is 0 Å². The van der Waals surface area contributed by atoms with E-state index in [0.717, 1.165) is 56.1 Å². The molecule has 652 valence electrons. The maximum absolute atomic E-state index is 12.9. The molecular weight excluding hydrogens is 1640 g/mol. The smallest absolute Gasteiger partial charge is 0.229 e. The van der Waals surface area contributed by atoms with Crippen LogP contribution in [0.3, 0.4) is 0 Å². The minimum absolute atomic E-state index is 0.165. The van der Waals surface area contributed by atoms with E-state index in [1.54, 1.807) is 85.5 Å². The molecule has 0 aliphatic heterocycles. The third-order valence-corrected chi connectivity index (χ3v) is 21.1. The van der Waals surface area contributed by atoms with Crippen molar-refractivity contribution in [1.29, 1.82) is 0 Å². The average molecular weight is 1730 g/mol. The van der Waals surface area contributed by atoms with Crippen molar-refractivity contribution in [2.75, 3.05) is 44.2 Å². The van der Waals surface area contributed by atoms with Gasteiger partial charge in [-0.05, 0) is 123 Å². The van der Waals surface area contributed by atoms with Crippen molar-refractivity contribution < 1.29 is 39.6 Å². The van der Waals surface area contributed by atoms with Crippen LogP contribution in [0, 0.1) is 0 Å². The van der Waals surface area contributed by atoms with Gasteiger partial charge in [0, 0.05) is 57.8 Å². The number of aryl methyl sites for hydroxylation is 2. The Morgan fingerprint density at radius 1 is 0.260 bits per heavy atom. The largest absolute Gasteiger partial charge is 0.399 e. The molecule has 0 spiro atoms. The highest BCUT2D eigenvalue weighted by Crippen LogP contribution is 2.35. The minimum Gasteiger partial charge on any atom is -0.399 e. The summed E-state index contributed by atoms with van der Waals surface area (Å²) < 4.78 is 0. The summed E-state index contributed by atoms with van der Waals surface area (Å²) in [4.78, 5) is 87.2. The Kier molecular flexibility index (Phi) is 31.1. The third kappa shape index (κ3) is 25.6. The monoisotopic (exact) mass is 1730 g/mol. The van der Waals surface area contributed by atoms with Crippen LogP contribution in [0.1, 0.15) is 111 Å². The normalized spacial score (nSPS) is 11.7. The van der Waals surface area contributed by atoms with Gasteiger partial charge in [-0.25, -0.2) is 39.9 Å². The number of nitrogens with zero attached hydrogens (tertiary/aromatic N) is 8. The van der Waals surface area contributed by atoms with Gasteiger partial charge < -0.3 is 64.6 Å². The molecule has 0 radical (unpaired) electrons. The van der Waals surface area contributed by atoms with Crippen molar-refractivity contribution in [3.05, 3.63) is 444 Å². The molecule has 17 aromatic rings. The van der Waals surface area contributed by atoms with Gasteiger partial charge in [-0.3, -0.25) is 19.2 Å². The molecule has 0 saturated heterocycles. The molecule has 4 aromatic heterocycles. The lowest BCUT2D eigenvalue weighted by Gasteiger charge is -2.16. The molecule has 131 heavy (non-hydrogen) atoms. The van der Waals surface area contributed by atoms with Gasteiger partial charge in [-0.2, -0.15) is 0 Å². The van der Waals surface area contributed by atoms with Crippen LogP contribution in [-0.2, 0) is 44.9 Å². The van der Waals surface area contributed by atoms with Crippen LogP contribution in [0.15, 0.2) is 377 Å². The van der Waals surface area contributed by atoms with E-state index in [9.17, 15) is 39.6 Å². The lowest BCUT2D eigenvalue weighted by Crippen LogP contribution is -2.19. The fourth-order valence-electron chi connectivity index (χ4n) is 14.2. The molecular formula is C107H96N16O8. The third-order valence-electron chi connectivity index (χ3n) is 21.1. The first kappa shape index (κ1) is 90.6. The second-order valence-corrected chi connectivity index (χ2v) is 30.7. The van der Waals surface area contributed by atoms with Crippen molar-refractivity contribution in [2.45, 2.75) is 69.4 Å². The lowest BCUT2D eigenvalue weighted by atomic mass is 10.0. The average Bonchev–Trinajstić information content (AvgIpc) is 0.813. The Morgan fingerprint density at radius 3 is 0.840 bits per heavy atom. The van der Waals surface area contributed by atoms with E-state index in [1.807, 2.05) is 291 Å². The molecule has 4 atom stereocenters. The highest BCUT2D eigenvalue weighted by molar-refractivity contribution is 5.95. The number of anilines is 8. The molecule has 16 N–H and O–H groups in total. The molecule has 4 amide bonds. The van der Waals surface area contributed by atoms with Gasteiger partial charge in [0.25, 0.3) is 0 Å². The molecule has 0 bridgehead atoms. The van der Waals surface area contributed by atoms with Gasteiger partial charge in [-0.15, -0.1) is 0 Å². The fraction of sp³-hybridized carbons (Fsp3) is 0.103. The quantitative estimate of drug-likeness (QED) is 0.0213. The number of nitrogens with one attached hydrogen (secondary N) is 4. The number of carbonyl (C=O) groups excluding carboxylic acids is 4. The van der Waals surface area contributed by atoms with Gasteiger partial charge in [-0.1, -0.05) is 303 Å². The number of aromatic nitrogens is 8. The first-order valence-corrected chi connectivity index (χ1v) is 42.5. The zero-order valence-corrected chi connectivity index (χ0v) is 71.4. The van der Waals surface area contributed by atoms with Crippen LogP contribution in [0.25, 0.3) is 55.8 Å². The number of nitrogens with two attached hydrogens (primary N) is 4. The van der Waals surface area contributed by atoms with Crippen LogP contribution < -0.4 is 44.2 Å². The van der Waals surface area contributed by atoms with Gasteiger partial charge in [0.15, 0.2) is 23.3 Å². The molecule has 24 heteroatoms. The maximum atomic E-state index is 12.9. The van der Waals surface area contributed by atoms with Crippen molar-refractivity contribution in [1.82, 2.24) is 39.9 Å². The van der Waals surface area contributed by atoms with E-state index in [0.29, 0.717) is 105 Å². The number of hydrogen-bond donors (Lipinski definition) is 12. The van der Waals surface area contributed by atoms with E-state index in [4.69, 9.17) is 22.9 Å². The molecule has 24 nitrogen and oxygen atoms in total. The molecule has 13 aromatic carbocycles. The molecule has 4 unspecified atom stereocenters. The molecule has 0 aliphatic rings. The highest BCUT2D eigenvalue weighted by Gasteiger charge is 2.26. The Balaban J connectivity index is 0.000000141. The minimum atomic E-state index is -1.06. The van der Waals surface area contributed by atoms with Crippen molar-refractivity contribution >= 4 is 80.4 Å². The van der Waals surface area contributed by atoms with Gasteiger partial charge in [0.05, 0.1) is 60.4 Å². The van der Waals surface area contributed by atoms with Crippen LogP contribution in [0.2, 0.25) is 0 Å². The number of nitrogen functional groups attached to an aromatic ring is 4. The first-order valence-electron chi connectivity index (χ1n) is 42.5. The predicted molar refractivity (Wildman–Crippen MR) is 516 cm³/mol. The number of fused-ring (bicyclic) bond motifs is 1. The number of benzene rings is 13. The summed E-state index contributed by atoms with van der Waals surface area (Å²) in [7, 11) is 0. The summed E-state index contributed by atoms with van der Waals surface area (Å²) in [5, 5.41) is 57.8. The summed E-state index contributed by atoms with van der Waals surface area (Å²) in [6.45, 7) is 0. The topological polar surface area (TPSA) is 405 Å². The van der Waals surface area contributed by atoms with E-state index < -0.39 is 24.4 Å². The van der Waals surface area contributed by atoms with Gasteiger partial charge in [0.1, 0.15) is 47.2 Å². The summed E-state index contributed by atoms with van der Waals surface area (Å²) in [5.41, 5.74) is 39.1. The Bertz CT molecular complexity index is 6630. The second kappa shape index (κ2) is 45.0. The number of aliphatic hydroxyl groups is 4. The van der Waals surface area contributed by atoms with E-state index >= 15 is 0 Å². The maximum Gasteiger partial charge on any atom is 0.229 e. The van der Waals surface area contributed by atoms with E-state index in [1.165, 1.54) is 5.56 Å². The number of hydrogen-bond acceptors (Lipinski definition) is 20. The SMILES string of the molecule is Nc1ccc(-c2cnc(NC(=O)CCCc3ccccc3)c(C(O)c3ccccc3)n2)cc1.Nc1ccc(-c2cnc(NC(=O)CCc3ccccc3)c(C(O)c3ccccc3)n2)cc1.Nc1ccc(-c2cnc(NC(=O)Cc3ccc4ccccc4c3)c(C(O)c3ccccc3)n2)cc1.Nc1ccc(-c2cnc(NC(=O)Cc3ccccc3)c(C(O)c3ccccc3)n2)cc1. The van der Waals surface area contributed by atoms with E-state index in [2.05, 4.69) is 61.1 Å². The number of carbonyl (C=O) groups is 4. The van der Waals surface area contributed by atoms with Crippen molar-refractivity contribution in [3.8, 4) is 45.0 Å². The molecule has 4 heterocycles. The lowest BCUT2D eigenvalue weighted by molar-refractivity contribution is -0.117. The number of rotatable bonds is 27. The predicted octanol–water partition coefficient (Wildman–Crippen LogP) is 18.3. The van der Waals surface area contributed by atoms with Gasteiger partial charge in [0.2, 0.25) is 23.6 Å². The zero-order valence-electron chi connectivity index (χ0n) is 71.4. The Hall–Kier alpha value is -16.6. The van der Waals surface area contributed by atoms with Gasteiger partial charge >= 0.3 is 0 Å². The molecule has 0 saturated carbocycles. The van der Waals surface area contributed by atoms with Crippen molar-refractivity contribution in [3.63, 3.8) is 0 Å². The van der Waals surface area contributed by atoms with Crippen LogP contribution in [0.4, 0.5) is 46.0 Å². The number of aliphatic hydroxyl groups excluding tert-OH is 4. The van der Waals surface area contributed by atoms with Crippen LogP contribution >= 0.6 is 0 Å².